The topological polar surface area (TPSA) is 88.9 Å². The number of hydrogen-bond acceptors (Lipinski definition) is 5. The Morgan fingerprint density at radius 1 is 0.967 bits per heavy atom. The molecule has 0 spiro atoms. The van der Waals surface area contributed by atoms with Gasteiger partial charge in [-0.3, -0.25) is 9.59 Å². The Morgan fingerprint density at radius 2 is 1.67 bits per heavy atom. The molecule has 3 aromatic rings. The summed E-state index contributed by atoms with van der Waals surface area (Å²) in [5.41, 5.74) is 1.79. The van der Waals surface area contributed by atoms with Crippen LogP contribution in [-0.2, 0) is 24.3 Å². The summed E-state index contributed by atoms with van der Waals surface area (Å²) < 4.78 is 1.91. The first-order valence-electron chi connectivity index (χ1n) is 9.86. The summed E-state index contributed by atoms with van der Waals surface area (Å²) in [6, 6.07) is 19.1. The van der Waals surface area contributed by atoms with Gasteiger partial charge < -0.3 is 15.2 Å². The maximum absolute atomic E-state index is 12.2. The zero-order valence-corrected chi connectivity index (χ0v) is 17.7. The molecule has 0 aliphatic carbocycles. The van der Waals surface area contributed by atoms with Gasteiger partial charge in [0.25, 0.3) is 5.91 Å². The van der Waals surface area contributed by atoms with E-state index < -0.39 is 0 Å². The summed E-state index contributed by atoms with van der Waals surface area (Å²) in [6.07, 6.45) is 0.799. The van der Waals surface area contributed by atoms with Crippen molar-refractivity contribution in [2.75, 3.05) is 12.3 Å². The maximum Gasteiger partial charge on any atom is 0.251 e. The van der Waals surface area contributed by atoms with E-state index in [0.29, 0.717) is 29.6 Å². The summed E-state index contributed by atoms with van der Waals surface area (Å²) in [5.74, 6) is 0.728. The van der Waals surface area contributed by atoms with Crippen LogP contribution in [0.15, 0.2) is 65.8 Å². The summed E-state index contributed by atoms with van der Waals surface area (Å²) in [4.78, 5) is 24.4. The van der Waals surface area contributed by atoms with Crippen molar-refractivity contribution in [1.29, 1.82) is 0 Å². The molecule has 30 heavy (non-hydrogen) atoms. The number of thioether (sulfide) groups is 1. The van der Waals surface area contributed by atoms with Gasteiger partial charge >= 0.3 is 0 Å². The second kappa shape index (κ2) is 11.2. The number of benzene rings is 2. The number of carbonyl (C=O) groups is 2. The van der Waals surface area contributed by atoms with Crippen LogP contribution in [0.25, 0.3) is 0 Å². The van der Waals surface area contributed by atoms with Crippen LogP contribution in [0.2, 0.25) is 0 Å². The van der Waals surface area contributed by atoms with Gasteiger partial charge in [0.1, 0.15) is 0 Å². The number of amides is 2. The lowest BCUT2D eigenvalue weighted by Crippen LogP contribution is -2.27. The third-order valence-corrected chi connectivity index (χ3v) is 5.43. The molecular weight excluding hydrogens is 398 g/mol. The maximum atomic E-state index is 12.2. The van der Waals surface area contributed by atoms with E-state index in [4.69, 9.17) is 0 Å². The second-order valence-corrected chi connectivity index (χ2v) is 7.51. The first-order valence-corrected chi connectivity index (χ1v) is 10.8. The van der Waals surface area contributed by atoms with E-state index >= 15 is 0 Å². The van der Waals surface area contributed by atoms with Crippen LogP contribution in [0.1, 0.15) is 28.7 Å². The number of rotatable bonds is 10. The van der Waals surface area contributed by atoms with E-state index in [1.807, 2.05) is 60.0 Å². The molecule has 0 fully saturated rings. The highest BCUT2D eigenvalue weighted by Gasteiger charge is 2.14. The fourth-order valence-electron chi connectivity index (χ4n) is 2.90. The van der Waals surface area contributed by atoms with Gasteiger partial charge in [0.2, 0.25) is 5.91 Å². The largest absolute Gasteiger partial charge is 0.355 e. The molecule has 1 aromatic heterocycles. The molecule has 3 rings (SSSR count). The monoisotopic (exact) mass is 423 g/mol. The Bertz CT molecular complexity index is 960. The molecule has 0 radical (unpaired) electrons. The molecule has 0 atom stereocenters. The number of nitrogens with zero attached hydrogens (tertiary/aromatic N) is 3. The fourth-order valence-corrected chi connectivity index (χ4v) is 3.75. The van der Waals surface area contributed by atoms with Gasteiger partial charge in [-0.05, 0) is 31.0 Å². The molecular formula is C22H25N5O2S. The Hall–Kier alpha value is -3.13. The molecule has 0 bridgehead atoms. The molecule has 156 valence electrons. The van der Waals surface area contributed by atoms with Gasteiger partial charge in [-0.2, -0.15) is 0 Å². The minimum absolute atomic E-state index is 0.0412. The van der Waals surface area contributed by atoms with Crippen molar-refractivity contribution in [1.82, 2.24) is 25.4 Å². The highest BCUT2D eigenvalue weighted by Crippen LogP contribution is 2.17. The van der Waals surface area contributed by atoms with Gasteiger partial charge in [-0.15, -0.1) is 10.2 Å². The van der Waals surface area contributed by atoms with Crippen LogP contribution in [0.3, 0.4) is 0 Å². The molecule has 8 heteroatoms. The van der Waals surface area contributed by atoms with Crippen molar-refractivity contribution in [3.05, 3.63) is 77.6 Å². The number of hydrogen-bond donors (Lipinski definition) is 2. The Kier molecular flexibility index (Phi) is 8.02. The molecule has 2 amide bonds. The Balaban J connectivity index is 1.46. The Labute approximate surface area is 180 Å². The molecule has 1 heterocycles. The van der Waals surface area contributed by atoms with Gasteiger partial charge in [-0.25, -0.2) is 0 Å². The lowest BCUT2D eigenvalue weighted by Gasteiger charge is -2.09. The van der Waals surface area contributed by atoms with Crippen LogP contribution in [0.4, 0.5) is 0 Å². The van der Waals surface area contributed by atoms with Crippen molar-refractivity contribution >= 4 is 23.6 Å². The highest BCUT2D eigenvalue weighted by atomic mass is 32.2. The lowest BCUT2D eigenvalue weighted by molar-refractivity contribution is -0.118. The first kappa shape index (κ1) is 21.6. The zero-order valence-electron chi connectivity index (χ0n) is 16.9. The summed E-state index contributed by atoms with van der Waals surface area (Å²) in [7, 11) is 0. The second-order valence-electron chi connectivity index (χ2n) is 6.57. The smallest absolute Gasteiger partial charge is 0.251 e. The van der Waals surface area contributed by atoms with Crippen LogP contribution in [0, 0.1) is 0 Å². The van der Waals surface area contributed by atoms with E-state index in [-0.39, 0.29) is 24.1 Å². The number of aromatic nitrogens is 3. The molecule has 0 aliphatic heterocycles. The molecule has 0 aliphatic rings. The van der Waals surface area contributed by atoms with Crippen molar-refractivity contribution in [2.45, 2.75) is 31.6 Å². The van der Waals surface area contributed by atoms with Crippen LogP contribution in [0.5, 0.6) is 0 Å². The quantitative estimate of drug-likeness (QED) is 0.490. The standard InChI is InChI=1S/C22H25N5O2S/c1-2-27-19(15-24-21(29)18-11-7-4-8-12-18)25-26-22(27)30-16-20(28)23-14-13-17-9-5-3-6-10-17/h3-12H,2,13-16H2,1H3,(H,23,28)(H,24,29). The third kappa shape index (κ3) is 6.18. The van der Waals surface area contributed by atoms with Crippen molar-refractivity contribution < 1.29 is 9.59 Å². The van der Waals surface area contributed by atoms with Gasteiger partial charge in [0.15, 0.2) is 11.0 Å². The normalized spacial score (nSPS) is 10.6. The van der Waals surface area contributed by atoms with E-state index in [1.165, 1.54) is 17.3 Å². The minimum Gasteiger partial charge on any atom is -0.355 e. The van der Waals surface area contributed by atoms with Gasteiger partial charge in [-0.1, -0.05) is 60.3 Å². The van der Waals surface area contributed by atoms with E-state index in [2.05, 4.69) is 20.8 Å². The Morgan fingerprint density at radius 3 is 2.37 bits per heavy atom. The van der Waals surface area contributed by atoms with E-state index in [0.717, 1.165) is 6.42 Å². The average molecular weight is 424 g/mol. The zero-order chi connectivity index (χ0) is 21.2. The molecule has 0 unspecified atom stereocenters. The summed E-state index contributed by atoms with van der Waals surface area (Å²) in [6.45, 7) is 3.51. The van der Waals surface area contributed by atoms with E-state index in [1.54, 1.807) is 12.1 Å². The predicted molar refractivity (Wildman–Crippen MR) is 117 cm³/mol. The van der Waals surface area contributed by atoms with Crippen molar-refractivity contribution in [2.24, 2.45) is 0 Å². The summed E-state index contributed by atoms with van der Waals surface area (Å²) >= 11 is 1.34. The number of nitrogens with one attached hydrogen (secondary N) is 2. The lowest BCUT2D eigenvalue weighted by atomic mass is 10.1. The van der Waals surface area contributed by atoms with Gasteiger partial charge in [0.05, 0.1) is 12.3 Å². The summed E-state index contributed by atoms with van der Waals surface area (Å²) in [5, 5.41) is 14.8. The van der Waals surface area contributed by atoms with Gasteiger partial charge in [0, 0.05) is 18.7 Å². The first-order chi connectivity index (χ1) is 14.7. The van der Waals surface area contributed by atoms with Crippen molar-refractivity contribution in [3.63, 3.8) is 0 Å². The number of carbonyl (C=O) groups excluding carboxylic acids is 2. The van der Waals surface area contributed by atoms with Crippen LogP contribution >= 0.6 is 11.8 Å². The molecule has 2 N–H and O–H groups in total. The average Bonchev–Trinajstić information content (AvgIpc) is 3.19. The minimum atomic E-state index is -0.159. The third-order valence-electron chi connectivity index (χ3n) is 4.46. The molecule has 0 saturated heterocycles. The molecule has 7 nitrogen and oxygen atoms in total. The van der Waals surface area contributed by atoms with Crippen LogP contribution in [-0.4, -0.2) is 38.9 Å². The highest BCUT2D eigenvalue weighted by molar-refractivity contribution is 7.99. The molecule has 2 aromatic carbocycles. The predicted octanol–water partition coefficient (Wildman–Crippen LogP) is 2.68. The SMILES string of the molecule is CCn1c(CNC(=O)c2ccccc2)nnc1SCC(=O)NCCc1ccccc1. The molecule has 0 saturated carbocycles. The van der Waals surface area contributed by atoms with Crippen LogP contribution < -0.4 is 10.6 Å². The fraction of sp³-hybridized carbons (Fsp3) is 0.273. The van der Waals surface area contributed by atoms with E-state index in [9.17, 15) is 9.59 Å². The van der Waals surface area contributed by atoms with Crippen molar-refractivity contribution in [3.8, 4) is 0 Å².